The van der Waals surface area contributed by atoms with Gasteiger partial charge in [-0.1, -0.05) is 41.9 Å². The number of benzene rings is 2. The number of Topliss-reactive ketones (excluding diaryl/α,β-unsaturated/α-hetero) is 1. The number of ether oxygens (including phenoxy) is 2. The molecule has 30 heavy (non-hydrogen) atoms. The van der Waals surface area contributed by atoms with Crippen molar-refractivity contribution in [3.8, 4) is 5.75 Å². The van der Waals surface area contributed by atoms with E-state index in [1.165, 1.54) is 18.2 Å². The summed E-state index contributed by atoms with van der Waals surface area (Å²) in [7, 11) is 0. The molecule has 1 N–H and O–H groups in total. The number of carbonyl (C=O) groups excluding carboxylic acids is 2. The Labute approximate surface area is 179 Å². The molecular formula is C23H23ClFNO4. The van der Waals surface area contributed by atoms with E-state index in [2.05, 4.69) is 5.32 Å². The van der Waals surface area contributed by atoms with Crippen LogP contribution < -0.4 is 10.1 Å². The maximum absolute atomic E-state index is 13.4. The fourth-order valence-corrected chi connectivity index (χ4v) is 4.80. The number of hydrogen-bond donors (Lipinski definition) is 1. The molecular weight excluding hydrogens is 409 g/mol. The van der Waals surface area contributed by atoms with Crippen molar-refractivity contribution in [3.63, 3.8) is 0 Å². The van der Waals surface area contributed by atoms with Crippen molar-refractivity contribution in [2.75, 3.05) is 13.2 Å². The van der Waals surface area contributed by atoms with E-state index in [9.17, 15) is 14.0 Å². The lowest BCUT2D eigenvalue weighted by atomic mass is 9.38. The molecule has 0 heterocycles. The first-order chi connectivity index (χ1) is 14.4. The number of rotatable bonds is 10. The molecule has 3 aliphatic carbocycles. The molecule has 158 valence electrons. The normalized spacial score (nSPS) is 23.8. The van der Waals surface area contributed by atoms with Gasteiger partial charge < -0.3 is 14.8 Å². The van der Waals surface area contributed by atoms with Crippen molar-refractivity contribution in [1.82, 2.24) is 5.32 Å². The second-order valence-corrected chi connectivity index (χ2v) is 8.82. The maximum Gasteiger partial charge on any atom is 0.246 e. The average molecular weight is 432 g/mol. The van der Waals surface area contributed by atoms with E-state index in [1.807, 2.05) is 30.3 Å². The summed E-state index contributed by atoms with van der Waals surface area (Å²) in [5, 5.41) is 3.07. The zero-order valence-electron chi connectivity index (χ0n) is 16.5. The summed E-state index contributed by atoms with van der Waals surface area (Å²) < 4.78 is 24.3. The summed E-state index contributed by atoms with van der Waals surface area (Å²) in [6.07, 6.45) is 2.80. The largest absolute Gasteiger partial charge is 0.486 e. The number of hydrogen-bond acceptors (Lipinski definition) is 4. The average Bonchev–Trinajstić information content (AvgIpc) is 2.67. The number of carbonyl (C=O) groups is 2. The molecule has 2 bridgehead atoms. The van der Waals surface area contributed by atoms with Gasteiger partial charge in [0.2, 0.25) is 5.91 Å². The number of ketones is 1. The minimum Gasteiger partial charge on any atom is -0.486 e. The van der Waals surface area contributed by atoms with Gasteiger partial charge in [-0.2, -0.15) is 0 Å². The summed E-state index contributed by atoms with van der Waals surface area (Å²) in [4.78, 5) is 24.4. The highest BCUT2D eigenvalue weighted by Crippen LogP contribution is 2.68. The molecule has 0 unspecified atom stereocenters. The first kappa shape index (κ1) is 20.8. The quantitative estimate of drug-likeness (QED) is 0.615. The van der Waals surface area contributed by atoms with Crippen molar-refractivity contribution in [1.29, 1.82) is 0 Å². The van der Waals surface area contributed by atoms with Gasteiger partial charge in [-0.15, -0.1) is 0 Å². The van der Waals surface area contributed by atoms with Gasteiger partial charge >= 0.3 is 0 Å². The van der Waals surface area contributed by atoms with E-state index in [0.29, 0.717) is 13.0 Å². The van der Waals surface area contributed by atoms with Gasteiger partial charge in [0.05, 0.1) is 11.6 Å². The van der Waals surface area contributed by atoms with Gasteiger partial charge in [0, 0.05) is 18.0 Å². The van der Waals surface area contributed by atoms with Crippen molar-refractivity contribution >= 4 is 23.3 Å². The topological polar surface area (TPSA) is 64.6 Å². The van der Waals surface area contributed by atoms with E-state index < -0.39 is 5.82 Å². The Hall–Kier alpha value is -2.44. The first-order valence-electron chi connectivity index (χ1n) is 9.89. The number of amides is 1. The van der Waals surface area contributed by atoms with E-state index in [-0.39, 0.29) is 46.6 Å². The van der Waals surface area contributed by atoms with Crippen LogP contribution in [0.3, 0.4) is 0 Å². The third kappa shape index (κ3) is 4.65. The van der Waals surface area contributed by atoms with Crippen LogP contribution in [0.5, 0.6) is 5.75 Å². The lowest BCUT2D eigenvalue weighted by molar-refractivity contribution is -0.174. The molecule has 3 saturated carbocycles. The summed E-state index contributed by atoms with van der Waals surface area (Å²) >= 11 is 5.63. The van der Waals surface area contributed by atoms with Crippen LogP contribution in [0.25, 0.3) is 0 Å². The van der Waals surface area contributed by atoms with Gasteiger partial charge in [0.15, 0.2) is 5.78 Å². The molecule has 3 fully saturated rings. The van der Waals surface area contributed by atoms with Crippen LogP contribution in [0, 0.1) is 11.2 Å². The molecule has 2 aromatic rings. The molecule has 3 aliphatic rings. The monoisotopic (exact) mass is 431 g/mol. The molecule has 0 atom stereocenters. The Morgan fingerprint density at radius 3 is 2.50 bits per heavy atom. The van der Waals surface area contributed by atoms with Crippen LogP contribution in [0.4, 0.5) is 4.39 Å². The number of halogens is 2. The summed E-state index contributed by atoms with van der Waals surface area (Å²) in [5.74, 6) is -0.455. The van der Waals surface area contributed by atoms with Crippen LogP contribution in [0.2, 0.25) is 5.02 Å². The Morgan fingerprint density at radius 2 is 1.80 bits per heavy atom. The lowest BCUT2D eigenvalue weighted by Crippen LogP contribution is -2.75. The highest BCUT2D eigenvalue weighted by molar-refractivity contribution is 6.30. The second-order valence-electron chi connectivity index (χ2n) is 8.42. The molecule has 7 heteroatoms. The third-order valence-electron chi connectivity index (χ3n) is 5.75. The Kier molecular flexibility index (Phi) is 5.80. The minimum atomic E-state index is -0.577. The molecule has 1 amide bonds. The van der Waals surface area contributed by atoms with Gasteiger partial charge in [0.1, 0.15) is 24.8 Å². The van der Waals surface area contributed by atoms with Crippen molar-refractivity contribution in [3.05, 3.63) is 64.9 Å². The Bertz CT molecular complexity index is 930. The Morgan fingerprint density at radius 1 is 1.07 bits per heavy atom. The van der Waals surface area contributed by atoms with Gasteiger partial charge in [-0.3, -0.25) is 9.59 Å². The lowest BCUT2D eigenvalue weighted by Gasteiger charge is -2.70. The second kappa shape index (κ2) is 8.36. The van der Waals surface area contributed by atoms with E-state index in [4.69, 9.17) is 21.1 Å². The standard InChI is InChI=1S/C23H23ClFNO4/c24-19-7-6-18(8-20(19)25)30-11-17(27)9-22-13-23(14-22,15-22)26-21(28)12-29-10-16-4-2-1-3-5-16/h1-8H,9-15H2,(H,26,28). The molecule has 5 rings (SSSR count). The third-order valence-corrected chi connectivity index (χ3v) is 6.06. The molecule has 0 aromatic heterocycles. The molecule has 0 saturated heterocycles. The zero-order chi connectivity index (χ0) is 21.2. The van der Waals surface area contributed by atoms with E-state index in [0.717, 1.165) is 24.8 Å². The highest BCUT2D eigenvalue weighted by atomic mass is 35.5. The van der Waals surface area contributed by atoms with E-state index >= 15 is 0 Å². The zero-order valence-corrected chi connectivity index (χ0v) is 17.2. The van der Waals surface area contributed by atoms with Crippen LogP contribution in [0.1, 0.15) is 31.2 Å². The maximum atomic E-state index is 13.4. The van der Waals surface area contributed by atoms with Gasteiger partial charge in [0.25, 0.3) is 0 Å². The molecule has 0 aliphatic heterocycles. The Balaban J connectivity index is 1.14. The van der Waals surface area contributed by atoms with Gasteiger partial charge in [-0.25, -0.2) is 4.39 Å². The van der Waals surface area contributed by atoms with E-state index in [1.54, 1.807) is 0 Å². The predicted molar refractivity (Wildman–Crippen MR) is 110 cm³/mol. The predicted octanol–water partition coefficient (Wildman–Crippen LogP) is 4.07. The summed E-state index contributed by atoms with van der Waals surface area (Å²) in [6.45, 7) is 0.320. The highest BCUT2D eigenvalue weighted by Gasteiger charge is 2.68. The fourth-order valence-electron chi connectivity index (χ4n) is 4.69. The van der Waals surface area contributed by atoms with Crippen molar-refractivity contribution in [2.24, 2.45) is 5.41 Å². The van der Waals surface area contributed by atoms with Gasteiger partial charge in [-0.05, 0) is 42.4 Å². The number of nitrogens with one attached hydrogen (secondary N) is 1. The molecule has 5 nitrogen and oxygen atoms in total. The van der Waals surface area contributed by atoms with Crippen LogP contribution >= 0.6 is 11.6 Å². The molecule has 0 radical (unpaired) electrons. The van der Waals surface area contributed by atoms with Crippen molar-refractivity contribution < 1.29 is 23.5 Å². The van der Waals surface area contributed by atoms with Crippen LogP contribution in [-0.4, -0.2) is 30.4 Å². The SMILES string of the molecule is O=C(COc1ccc(Cl)c(F)c1)CC12CC(NC(=O)COCc3ccccc3)(C1)C2. The summed E-state index contributed by atoms with van der Waals surface area (Å²) in [6, 6.07) is 13.8. The van der Waals surface area contributed by atoms with Crippen LogP contribution in [-0.2, 0) is 20.9 Å². The first-order valence-corrected chi connectivity index (χ1v) is 10.3. The molecule has 0 spiro atoms. The fraction of sp³-hybridized carbons (Fsp3) is 0.391. The molecule has 2 aromatic carbocycles. The summed E-state index contributed by atoms with van der Waals surface area (Å²) in [5.41, 5.74) is 0.800. The van der Waals surface area contributed by atoms with Crippen molar-refractivity contribution in [2.45, 2.75) is 37.8 Å². The van der Waals surface area contributed by atoms with Crippen LogP contribution in [0.15, 0.2) is 48.5 Å². The smallest absolute Gasteiger partial charge is 0.246 e. The minimum absolute atomic E-state index is 0.0142.